The van der Waals surface area contributed by atoms with Crippen LogP contribution in [-0.4, -0.2) is 17.9 Å². The van der Waals surface area contributed by atoms with Crippen LogP contribution in [0.15, 0.2) is 24.3 Å². The highest BCUT2D eigenvalue weighted by atomic mass is 16.2. The predicted octanol–water partition coefficient (Wildman–Crippen LogP) is 1.67. The summed E-state index contributed by atoms with van der Waals surface area (Å²) < 4.78 is 0. The lowest BCUT2D eigenvalue weighted by atomic mass is 10.0. The lowest BCUT2D eigenvalue weighted by molar-refractivity contribution is -0.137. The van der Waals surface area contributed by atoms with Gasteiger partial charge in [0.2, 0.25) is 11.8 Å². The van der Waals surface area contributed by atoms with Crippen molar-refractivity contribution in [2.75, 3.05) is 0 Å². The molecule has 4 heteroatoms. The summed E-state index contributed by atoms with van der Waals surface area (Å²) in [5.74, 6) is -0.207. The summed E-state index contributed by atoms with van der Waals surface area (Å²) in [6.45, 7) is 2.51. The lowest BCUT2D eigenvalue weighted by Gasteiger charge is -2.15. The van der Waals surface area contributed by atoms with E-state index in [1.807, 2.05) is 31.2 Å². The molecule has 4 nitrogen and oxygen atoms in total. The van der Waals surface area contributed by atoms with Gasteiger partial charge in [-0.3, -0.25) is 9.59 Å². The van der Waals surface area contributed by atoms with E-state index in [0.29, 0.717) is 25.4 Å². The fraction of sp³-hybridized carbons (Fsp3) is 0.500. The first-order valence-electron chi connectivity index (χ1n) is 7.25. The minimum atomic E-state index is -0.786. The highest BCUT2D eigenvalue weighted by molar-refractivity contribution is 6.08. The third-order valence-electron chi connectivity index (χ3n) is 4.23. The van der Waals surface area contributed by atoms with Crippen LogP contribution in [0.1, 0.15) is 36.8 Å². The van der Waals surface area contributed by atoms with Gasteiger partial charge in [-0.05, 0) is 43.7 Å². The summed E-state index contributed by atoms with van der Waals surface area (Å²) >= 11 is 0. The smallest absolute Gasteiger partial charge is 0.235 e. The molecule has 2 aliphatic carbocycles. The second-order valence-corrected chi connectivity index (χ2v) is 5.94. The van der Waals surface area contributed by atoms with Crippen LogP contribution in [-0.2, 0) is 16.1 Å². The van der Waals surface area contributed by atoms with Gasteiger partial charge in [-0.2, -0.15) is 0 Å². The van der Waals surface area contributed by atoms with Gasteiger partial charge in [0, 0.05) is 12.6 Å². The van der Waals surface area contributed by atoms with Gasteiger partial charge >= 0.3 is 0 Å². The maximum Gasteiger partial charge on any atom is 0.235 e. The zero-order valence-corrected chi connectivity index (χ0v) is 11.7. The summed E-state index contributed by atoms with van der Waals surface area (Å²) in [5, 5.41) is 5.86. The van der Waals surface area contributed by atoms with Crippen LogP contribution in [0.2, 0.25) is 0 Å². The van der Waals surface area contributed by atoms with E-state index in [1.165, 1.54) is 0 Å². The number of hydrogen-bond donors (Lipinski definition) is 2. The van der Waals surface area contributed by atoms with Gasteiger partial charge in [-0.15, -0.1) is 0 Å². The van der Waals surface area contributed by atoms with E-state index in [9.17, 15) is 9.59 Å². The standard InChI is InChI=1S/C16H20N2O2/c1-11-4-2-3-5-12(11)10-17-14(19)16(8-9-16)15(20)18-13-6-7-13/h2-5,13H,6-10H2,1H3,(H,17,19)(H,18,20). The van der Waals surface area contributed by atoms with Gasteiger partial charge in [0.1, 0.15) is 5.41 Å². The van der Waals surface area contributed by atoms with Crippen molar-refractivity contribution in [3.63, 3.8) is 0 Å². The van der Waals surface area contributed by atoms with Crippen LogP contribution < -0.4 is 10.6 Å². The number of benzene rings is 1. The Kier molecular flexibility index (Phi) is 3.24. The van der Waals surface area contributed by atoms with Crippen molar-refractivity contribution in [2.24, 2.45) is 5.41 Å². The molecule has 0 spiro atoms. The van der Waals surface area contributed by atoms with E-state index in [4.69, 9.17) is 0 Å². The molecular formula is C16H20N2O2. The Labute approximate surface area is 118 Å². The number of rotatable bonds is 5. The highest BCUT2D eigenvalue weighted by Gasteiger charge is 2.57. The van der Waals surface area contributed by atoms with E-state index >= 15 is 0 Å². The van der Waals surface area contributed by atoms with E-state index in [2.05, 4.69) is 10.6 Å². The number of aryl methyl sites for hydroxylation is 1. The molecule has 0 aromatic heterocycles. The topological polar surface area (TPSA) is 58.2 Å². The van der Waals surface area contributed by atoms with Gasteiger partial charge in [0.25, 0.3) is 0 Å². The Balaban J connectivity index is 1.59. The Morgan fingerprint density at radius 3 is 2.50 bits per heavy atom. The molecule has 0 radical (unpaired) electrons. The van der Waals surface area contributed by atoms with E-state index in [0.717, 1.165) is 24.0 Å². The molecule has 0 atom stereocenters. The van der Waals surface area contributed by atoms with Crippen molar-refractivity contribution >= 4 is 11.8 Å². The summed E-state index contributed by atoms with van der Waals surface area (Å²) in [4.78, 5) is 24.4. The molecular weight excluding hydrogens is 252 g/mol. The molecule has 0 aliphatic heterocycles. The highest BCUT2D eigenvalue weighted by Crippen LogP contribution is 2.46. The second-order valence-electron chi connectivity index (χ2n) is 5.94. The first kappa shape index (κ1) is 13.2. The van der Waals surface area contributed by atoms with Gasteiger partial charge in [0.05, 0.1) is 0 Å². The van der Waals surface area contributed by atoms with Gasteiger partial charge in [-0.1, -0.05) is 24.3 Å². The summed E-state index contributed by atoms with van der Waals surface area (Å²) in [6.07, 6.45) is 3.44. The fourth-order valence-corrected chi connectivity index (χ4v) is 2.39. The number of amides is 2. The third kappa shape index (κ3) is 2.55. The summed E-state index contributed by atoms with van der Waals surface area (Å²) in [6, 6.07) is 8.27. The average molecular weight is 272 g/mol. The number of hydrogen-bond acceptors (Lipinski definition) is 2. The largest absolute Gasteiger partial charge is 0.352 e. The van der Waals surface area contributed by atoms with Crippen LogP contribution in [0.5, 0.6) is 0 Å². The molecule has 2 fully saturated rings. The van der Waals surface area contributed by atoms with Crippen molar-refractivity contribution < 1.29 is 9.59 Å². The van der Waals surface area contributed by atoms with E-state index in [1.54, 1.807) is 0 Å². The predicted molar refractivity (Wildman–Crippen MR) is 75.9 cm³/mol. The number of nitrogens with one attached hydrogen (secondary N) is 2. The van der Waals surface area contributed by atoms with Crippen LogP contribution in [0.3, 0.4) is 0 Å². The van der Waals surface area contributed by atoms with Gasteiger partial charge in [-0.25, -0.2) is 0 Å². The average Bonchev–Trinajstić information content (AvgIpc) is 3.31. The first-order chi connectivity index (χ1) is 9.62. The van der Waals surface area contributed by atoms with Crippen LogP contribution in [0, 0.1) is 12.3 Å². The SMILES string of the molecule is Cc1ccccc1CNC(=O)C1(C(=O)NC2CC2)CC1. The summed E-state index contributed by atoms with van der Waals surface area (Å²) in [5.41, 5.74) is 1.46. The number of carbonyl (C=O) groups excluding carboxylic acids is 2. The second kappa shape index (κ2) is 4.93. The Hall–Kier alpha value is -1.84. The van der Waals surface area contributed by atoms with Gasteiger partial charge in [0.15, 0.2) is 0 Å². The van der Waals surface area contributed by atoms with E-state index < -0.39 is 5.41 Å². The maximum absolute atomic E-state index is 12.3. The molecule has 1 aromatic carbocycles. The molecule has 3 rings (SSSR count). The Morgan fingerprint density at radius 1 is 1.20 bits per heavy atom. The van der Waals surface area contributed by atoms with Gasteiger partial charge < -0.3 is 10.6 Å². The Bertz CT molecular complexity index is 545. The zero-order chi connectivity index (χ0) is 14.2. The molecule has 20 heavy (non-hydrogen) atoms. The minimum Gasteiger partial charge on any atom is -0.352 e. The molecule has 0 unspecified atom stereocenters. The van der Waals surface area contributed by atoms with Crippen molar-refractivity contribution in [1.29, 1.82) is 0 Å². The third-order valence-corrected chi connectivity index (χ3v) is 4.23. The molecule has 1 aromatic rings. The minimum absolute atomic E-state index is 0.0812. The molecule has 2 amide bonds. The van der Waals surface area contributed by atoms with Crippen LogP contribution >= 0.6 is 0 Å². The molecule has 2 saturated carbocycles. The normalized spacial score (nSPS) is 19.2. The van der Waals surface area contributed by atoms with E-state index in [-0.39, 0.29) is 11.8 Å². The van der Waals surface area contributed by atoms with Crippen molar-refractivity contribution in [3.05, 3.63) is 35.4 Å². The molecule has 0 heterocycles. The quantitative estimate of drug-likeness (QED) is 0.801. The fourth-order valence-electron chi connectivity index (χ4n) is 2.39. The van der Waals surface area contributed by atoms with Crippen molar-refractivity contribution in [1.82, 2.24) is 10.6 Å². The van der Waals surface area contributed by atoms with Crippen LogP contribution in [0.25, 0.3) is 0 Å². The summed E-state index contributed by atoms with van der Waals surface area (Å²) in [7, 11) is 0. The lowest BCUT2D eigenvalue weighted by Crippen LogP contribution is -2.43. The van der Waals surface area contributed by atoms with Crippen LogP contribution in [0.4, 0.5) is 0 Å². The monoisotopic (exact) mass is 272 g/mol. The van der Waals surface area contributed by atoms with Crippen molar-refractivity contribution in [2.45, 2.75) is 45.2 Å². The molecule has 106 valence electrons. The molecule has 2 aliphatic rings. The van der Waals surface area contributed by atoms with Crippen molar-refractivity contribution in [3.8, 4) is 0 Å². The zero-order valence-electron chi connectivity index (χ0n) is 11.7. The Morgan fingerprint density at radius 2 is 1.90 bits per heavy atom. The molecule has 0 saturated heterocycles. The molecule has 2 N–H and O–H groups in total. The maximum atomic E-state index is 12.3. The molecule has 0 bridgehead atoms. The number of carbonyl (C=O) groups is 2. The first-order valence-corrected chi connectivity index (χ1v) is 7.25.